The Morgan fingerprint density at radius 3 is 2.94 bits per heavy atom. The molecule has 1 aliphatic carbocycles. The first-order valence-electron chi connectivity index (χ1n) is 6.00. The van der Waals surface area contributed by atoms with Gasteiger partial charge < -0.3 is 11.1 Å². The van der Waals surface area contributed by atoms with Crippen molar-refractivity contribution in [3.63, 3.8) is 0 Å². The summed E-state index contributed by atoms with van der Waals surface area (Å²) in [7, 11) is 0. The van der Waals surface area contributed by atoms with Gasteiger partial charge in [-0.1, -0.05) is 11.8 Å². The molecular formula is C12H18N4OS. The molecule has 0 radical (unpaired) electrons. The van der Waals surface area contributed by atoms with Crippen LogP contribution < -0.4 is 11.1 Å². The zero-order valence-corrected chi connectivity index (χ0v) is 11.5. The number of aromatic nitrogens is 2. The Hall–Kier alpha value is -1.14. The first-order chi connectivity index (χ1) is 8.49. The Labute approximate surface area is 111 Å². The van der Waals surface area contributed by atoms with Gasteiger partial charge in [-0.2, -0.15) is 0 Å². The predicted molar refractivity (Wildman–Crippen MR) is 71.3 cm³/mol. The summed E-state index contributed by atoms with van der Waals surface area (Å²) in [6.45, 7) is 3.76. The lowest BCUT2D eigenvalue weighted by Crippen LogP contribution is -2.56. The molecule has 3 N–H and O–H groups in total. The number of carbonyl (C=O) groups excluding carboxylic acids is 1. The summed E-state index contributed by atoms with van der Waals surface area (Å²) in [4.78, 5) is 20.0. The summed E-state index contributed by atoms with van der Waals surface area (Å²) in [5.41, 5.74) is 5.71. The van der Waals surface area contributed by atoms with Crippen molar-refractivity contribution in [1.82, 2.24) is 15.3 Å². The second-order valence-electron chi connectivity index (χ2n) is 4.88. The first kappa shape index (κ1) is 13.3. The molecule has 0 saturated heterocycles. The number of thioether (sulfide) groups is 1. The van der Waals surface area contributed by atoms with Crippen LogP contribution in [0.4, 0.5) is 0 Å². The maximum absolute atomic E-state index is 11.6. The molecular weight excluding hydrogens is 248 g/mol. The molecule has 1 aromatic heterocycles. The van der Waals surface area contributed by atoms with Crippen molar-refractivity contribution in [2.75, 3.05) is 5.75 Å². The van der Waals surface area contributed by atoms with E-state index in [9.17, 15) is 4.79 Å². The Morgan fingerprint density at radius 1 is 1.67 bits per heavy atom. The third-order valence-electron chi connectivity index (χ3n) is 2.91. The van der Waals surface area contributed by atoms with Gasteiger partial charge in [0.25, 0.3) is 0 Å². The highest BCUT2D eigenvalue weighted by molar-refractivity contribution is 7.99. The predicted octanol–water partition coefficient (Wildman–Crippen LogP) is 0.873. The summed E-state index contributed by atoms with van der Waals surface area (Å²) in [5.74, 6) is 0.219. The maximum Gasteiger partial charge on any atom is 0.238 e. The number of nitrogens with two attached hydrogens (primary N) is 1. The molecule has 1 unspecified atom stereocenters. The fourth-order valence-corrected chi connectivity index (χ4v) is 2.55. The topological polar surface area (TPSA) is 80.9 Å². The lowest BCUT2D eigenvalue weighted by Gasteiger charge is -2.26. The number of aryl methyl sites for hydroxylation is 1. The number of nitrogens with zero attached hydrogens (tertiary/aromatic N) is 2. The molecule has 2 rings (SSSR count). The van der Waals surface area contributed by atoms with Gasteiger partial charge in [-0.15, -0.1) is 0 Å². The lowest BCUT2D eigenvalue weighted by atomic mass is 10.1. The Bertz CT molecular complexity index is 449. The van der Waals surface area contributed by atoms with E-state index in [1.54, 1.807) is 6.20 Å². The van der Waals surface area contributed by atoms with Crippen LogP contribution in [0.3, 0.4) is 0 Å². The number of primary amides is 1. The highest BCUT2D eigenvalue weighted by atomic mass is 32.2. The molecule has 18 heavy (non-hydrogen) atoms. The van der Waals surface area contributed by atoms with E-state index in [-0.39, 0.29) is 5.91 Å². The quantitative estimate of drug-likeness (QED) is 0.590. The summed E-state index contributed by atoms with van der Waals surface area (Å²) < 4.78 is 0. The van der Waals surface area contributed by atoms with Gasteiger partial charge in [0.1, 0.15) is 5.54 Å². The zero-order valence-electron chi connectivity index (χ0n) is 10.6. The average Bonchev–Trinajstić information content (AvgIpc) is 3.10. The third-order valence-corrected chi connectivity index (χ3v) is 4.08. The molecule has 0 spiro atoms. The second-order valence-corrected chi connectivity index (χ2v) is 5.83. The number of hydrogen-bond donors (Lipinski definition) is 2. The molecule has 1 amide bonds. The monoisotopic (exact) mass is 266 g/mol. The number of amides is 1. The van der Waals surface area contributed by atoms with E-state index in [0.29, 0.717) is 17.0 Å². The summed E-state index contributed by atoms with van der Waals surface area (Å²) in [5, 5.41) is 3.98. The SMILES string of the molecule is Cc1ccnc(SCC(C)(NC2CC2)C(N)=O)n1. The van der Waals surface area contributed by atoms with Gasteiger partial charge in [-0.3, -0.25) is 4.79 Å². The molecule has 0 bridgehead atoms. The molecule has 0 aromatic carbocycles. The minimum Gasteiger partial charge on any atom is -0.368 e. The van der Waals surface area contributed by atoms with Crippen molar-refractivity contribution in [1.29, 1.82) is 0 Å². The number of carbonyl (C=O) groups is 1. The van der Waals surface area contributed by atoms with Crippen LogP contribution in [0.15, 0.2) is 17.4 Å². The standard InChI is InChI=1S/C12H18N4OS/c1-8-5-6-14-11(15-8)18-7-12(2,10(13)17)16-9-3-4-9/h5-6,9,16H,3-4,7H2,1-2H3,(H2,13,17). The maximum atomic E-state index is 11.6. The van der Waals surface area contributed by atoms with Crippen LogP contribution in [0.1, 0.15) is 25.5 Å². The van der Waals surface area contributed by atoms with Crippen molar-refractivity contribution in [3.8, 4) is 0 Å². The van der Waals surface area contributed by atoms with E-state index in [0.717, 1.165) is 18.5 Å². The molecule has 1 fully saturated rings. The number of nitrogens with one attached hydrogen (secondary N) is 1. The normalized spacial score (nSPS) is 18.3. The summed E-state index contributed by atoms with van der Waals surface area (Å²) in [6, 6.07) is 2.28. The van der Waals surface area contributed by atoms with Crippen molar-refractivity contribution in [2.24, 2.45) is 5.73 Å². The van der Waals surface area contributed by atoms with Gasteiger partial charge in [-0.25, -0.2) is 9.97 Å². The van der Waals surface area contributed by atoms with Crippen LogP contribution in [0.2, 0.25) is 0 Å². The van der Waals surface area contributed by atoms with Crippen molar-refractivity contribution in [2.45, 2.75) is 43.4 Å². The molecule has 5 nitrogen and oxygen atoms in total. The third kappa shape index (κ3) is 3.43. The molecule has 0 aliphatic heterocycles. The Balaban J connectivity index is 1.98. The fourth-order valence-electron chi connectivity index (χ4n) is 1.57. The Kier molecular flexibility index (Phi) is 3.87. The van der Waals surface area contributed by atoms with Gasteiger partial charge in [-0.05, 0) is 32.8 Å². The van der Waals surface area contributed by atoms with E-state index in [2.05, 4.69) is 15.3 Å². The van der Waals surface area contributed by atoms with E-state index in [1.807, 2.05) is 19.9 Å². The van der Waals surface area contributed by atoms with Gasteiger partial charge in [0.2, 0.25) is 5.91 Å². The Morgan fingerprint density at radius 2 is 2.39 bits per heavy atom. The van der Waals surface area contributed by atoms with Crippen molar-refractivity contribution in [3.05, 3.63) is 18.0 Å². The minimum atomic E-state index is -0.695. The first-order valence-corrected chi connectivity index (χ1v) is 6.98. The van der Waals surface area contributed by atoms with E-state index >= 15 is 0 Å². The van der Waals surface area contributed by atoms with Gasteiger partial charge in [0, 0.05) is 23.7 Å². The van der Waals surface area contributed by atoms with E-state index < -0.39 is 5.54 Å². The number of hydrogen-bond acceptors (Lipinski definition) is 5. The summed E-state index contributed by atoms with van der Waals surface area (Å²) >= 11 is 1.45. The van der Waals surface area contributed by atoms with Crippen molar-refractivity contribution >= 4 is 17.7 Å². The van der Waals surface area contributed by atoms with Crippen LogP contribution in [0, 0.1) is 6.92 Å². The molecule has 1 aromatic rings. The molecule has 6 heteroatoms. The average molecular weight is 266 g/mol. The molecule has 1 saturated carbocycles. The highest BCUT2D eigenvalue weighted by Crippen LogP contribution is 2.26. The van der Waals surface area contributed by atoms with Crippen LogP contribution in [0.5, 0.6) is 0 Å². The van der Waals surface area contributed by atoms with E-state index in [1.165, 1.54) is 11.8 Å². The minimum absolute atomic E-state index is 0.324. The smallest absolute Gasteiger partial charge is 0.238 e. The van der Waals surface area contributed by atoms with Crippen LogP contribution >= 0.6 is 11.8 Å². The second kappa shape index (κ2) is 5.24. The molecule has 1 heterocycles. The molecule has 1 aliphatic rings. The fraction of sp³-hybridized carbons (Fsp3) is 0.583. The van der Waals surface area contributed by atoms with Gasteiger partial charge in [0.05, 0.1) is 0 Å². The molecule has 1 atom stereocenters. The zero-order chi connectivity index (χ0) is 13.2. The van der Waals surface area contributed by atoms with Crippen LogP contribution in [0.25, 0.3) is 0 Å². The highest BCUT2D eigenvalue weighted by Gasteiger charge is 2.37. The number of rotatable bonds is 6. The van der Waals surface area contributed by atoms with Crippen molar-refractivity contribution < 1.29 is 4.79 Å². The van der Waals surface area contributed by atoms with E-state index in [4.69, 9.17) is 5.73 Å². The molecule has 98 valence electrons. The lowest BCUT2D eigenvalue weighted by molar-refractivity contribution is -0.123. The largest absolute Gasteiger partial charge is 0.368 e. The van der Waals surface area contributed by atoms with Crippen LogP contribution in [-0.4, -0.2) is 33.2 Å². The van der Waals surface area contributed by atoms with Crippen LogP contribution in [-0.2, 0) is 4.79 Å². The van der Waals surface area contributed by atoms with Gasteiger partial charge in [0.15, 0.2) is 5.16 Å². The van der Waals surface area contributed by atoms with Gasteiger partial charge >= 0.3 is 0 Å². The summed E-state index contributed by atoms with van der Waals surface area (Å²) in [6.07, 6.45) is 3.96.